The van der Waals surface area contributed by atoms with Gasteiger partial charge in [0.15, 0.2) is 12.8 Å². The maximum Gasteiger partial charge on any atom is 0.379 e. The van der Waals surface area contributed by atoms with Gasteiger partial charge in [0.1, 0.15) is 0 Å². The monoisotopic (exact) mass is 255 g/mol. The van der Waals surface area contributed by atoms with Crippen LogP contribution < -0.4 is 0 Å². The van der Waals surface area contributed by atoms with Crippen molar-refractivity contribution in [1.29, 1.82) is 0 Å². The zero-order valence-corrected chi connectivity index (χ0v) is 10.1. The van der Waals surface area contributed by atoms with Crippen molar-refractivity contribution in [3.8, 4) is 0 Å². The SMILES string of the molecule is CCCCC[N+]([O-])(CC(=O)O)CP(=O)(O)O. The first-order valence-corrected chi connectivity index (χ1v) is 6.82. The quantitative estimate of drug-likeness (QED) is 0.254. The van der Waals surface area contributed by atoms with Crippen LogP contribution in [0.5, 0.6) is 0 Å². The van der Waals surface area contributed by atoms with Crippen molar-refractivity contribution in [3.05, 3.63) is 5.21 Å². The minimum Gasteiger partial charge on any atom is -0.632 e. The molecule has 0 aromatic rings. The van der Waals surface area contributed by atoms with E-state index in [1.165, 1.54) is 0 Å². The van der Waals surface area contributed by atoms with Crippen LogP contribution in [0.15, 0.2) is 0 Å². The standard InChI is InChI=1S/C8H18NO6P/c1-2-3-4-5-9(12,6-8(10)11)7-16(13,14)15/h2-7H2,1H3,(H,10,11)(H2,13,14,15). The first kappa shape index (κ1) is 15.5. The highest BCUT2D eigenvalue weighted by molar-refractivity contribution is 7.51. The number of hydrogen-bond donors (Lipinski definition) is 3. The number of aliphatic carboxylic acids is 1. The van der Waals surface area contributed by atoms with Crippen LogP contribution in [0.2, 0.25) is 0 Å². The number of nitrogens with zero attached hydrogens (tertiary/aromatic N) is 1. The number of hydrogen-bond acceptors (Lipinski definition) is 3. The van der Waals surface area contributed by atoms with Crippen LogP contribution in [0.4, 0.5) is 0 Å². The van der Waals surface area contributed by atoms with Gasteiger partial charge in [-0.1, -0.05) is 13.3 Å². The number of quaternary nitrogens is 1. The molecule has 0 aliphatic heterocycles. The predicted octanol–water partition coefficient (Wildman–Crippen LogP) is 0.711. The molecule has 3 N–H and O–H groups in total. The maximum atomic E-state index is 11.9. The van der Waals surface area contributed by atoms with Crippen molar-refractivity contribution in [3.63, 3.8) is 0 Å². The average molecular weight is 255 g/mol. The third-order valence-electron chi connectivity index (χ3n) is 2.03. The van der Waals surface area contributed by atoms with Crippen LogP contribution >= 0.6 is 7.60 Å². The summed E-state index contributed by atoms with van der Waals surface area (Å²) in [4.78, 5) is 27.9. The molecule has 0 radical (unpaired) electrons. The van der Waals surface area contributed by atoms with Crippen LogP contribution in [0.1, 0.15) is 26.2 Å². The second-order valence-corrected chi connectivity index (χ2v) is 5.46. The summed E-state index contributed by atoms with van der Waals surface area (Å²) in [5.74, 6) is -1.35. The van der Waals surface area contributed by atoms with Gasteiger partial charge < -0.3 is 24.7 Å². The van der Waals surface area contributed by atoms with E-state index in [1.54, 1.807) is 0 Å². The Balaban J connectivity index is 4.48. The van der Waals surface area contributed by atoms with E-state index in [9.17, 15) is 14.6 Å². The van der Waals surface area contributed by atoms with E-state index < -0.39 is 31.0 Å². The largest absolute Gasteiger partial charge is 0.632 e. The van der Waals surface area contributed by atoms with Crippen LogP contribution in [0.25, 0.3) is 0 Å². The summed E-state index contributed by atoms with van der Waals surface area (Å²) in [5, 5.41) is 20.4. The van der Waals surface area contributed by atoms with Gasteiger partial charge in [-0.2, -0.15) is 0 Å². The van der Waals surface area contributed by atoms with Gasteiger partial charge in [0.25, 0.3) is 0 Å². The topological polar surface area (TPSA) is 118 Å². The lowest BCUT2D eigenvalue weighted by molar-refractivity contribution is -0.863. The summed E-state index contributed by atoms with van der Waals surface area (Å²) in [6.07, 6.45) is 1.09. The molecule has 0 rings (SSSR count). The molecule has 0 bridgehead atoms. The third kappa shape index (κ3) is 7.78. The molecule has 8 heteroatoms. The van der Waals surface area contributed by atoms with Gasteiger partial charge in [-0.15, -0.1) is 0 Å². The Hall–Kier alpha value is -0.460. The van der Waals surface area contributed by atoms with Gasteiger partial charge in [-0.05, 0) is 12.8 Å². The lowest BCUT2D eigenvalue weighted by Crippen LogP contribution is -2.47. The smallest absolute Gasteiger partial charge is 0.379 e. The van der Waals surface area contributed by atoms with Crippen molar-refractivity contribution >= 4 is 13.6 Å². The summed E-state index contributed by atoms with van der Waals surface area (Å²) >= 11 is 0. The molecule has 1 unspecified atom stereocenters. The molecule has 0 amide bonds. The number of carboxylic acid groups (broad SMARTS) is 1. The summed E-state index contributed by atoms with van der Waals surface area (Å²) in [5.41, 5.74) is 0. The predicted molar refractivity (Wildman–Crippen MR) is 57.4 cm³/mol. The Bertz CT molecular complexity index is 278. The Labute approximate surface area is 94.0 Å². The average Bonchev–Trinajstić information content (AvgIpc) is 1.98. The second-order valence-electron chi connectivity index (χ2n) is 3.85. The van der Waals surface area contributed by atoms with Gasteiger partial charge in [-0.3, -0.25) is 4.57 Å². The van der Waals surface area contributed by atoms with E-state index in [0.717, 1.165) is 12.8 Å². The van der Waals surface area contributed by atoms with Crippen molar-refractivity contribution in [2.24, 2.45) is 0 Å². The Morgan fingerprint density at radius 3 is 2.31 bits per heavy atom. The van der Waals surface area contributed by atoms with E-state index in [-0.39, 0.29) is 6.54 Å². The van der Waals surface area contributed by atoms with E-state index in [4.69, 9.17) is 14.9 Å². The molecule has 7 nitrogen and oxygen atoms in total. The fourth-order valence-electron chi connectivity index (χ4n) is 1.43. The Morgan fingerprint density at radius 1 is 1.38 bits per heavy atom. The molecule has 0 heterocycles. The van der Waals surface area contributed by atoms with Crippen molar-refractivity contribution in [1.82, 2.24) is 0 Å². The van der Waals surface area contributed by atoms with Gasteiger partial charge >= 0.3 is 13.6 Å². The fraction of sp³-hybridized carbons (Fsp3) is 0.875. The van der Waals surface area contributed by atoms with Crippen molar-refractivity contribution in [2.75, 3.05) is 19.4 Å². The maximum absolute atomic E-state index is 11.9. The molecule has 0 aromatic heterocycles. The Morgan fingerprint density at radius 2 is 1.94 bits per heavy atom. The molecule has 0 spiro atoms. The van der Waals surface area contributed by atoms with Crippen molar-refractivity contribution in [2.45, 2.75) is 26.2 Å². The van der Waals surface area contributed by atoms with Crippen LogP contribution in [0, 0.1) is 5.21 Å². The molecule has 0 aliphatic rings. The van der Waals surface area contributed by atoms with Crippen molar-refractivity contribution < 1.29 is 28.9 Å². The molecule has 16 heavy (non-hydrogen) atoms. The highest BCUT2D eigenvalue weighted by Gasteiger charge is 2.30. The first-order chi connectivity index (χ1) is 7.18. The van der Waals surface area contributed by atoms with Crippen LogP contribution in [-0.4, -0.2) is 44.9 Å². The third-order valence-corrected chi connectivity index (χ3v) is 2.92. The lowest BCUT2D eigenvalue weighted by atomic mass is 10.2. The first-order valence-electron chi connectivity index (χ1n) is 5.02. The minimum atomic E-state index is -4.50. The second kappa shape index (κ2) is 6.32. The Kier molecular flexibility index (Phi) is 6.14. The van der Waals surface area contributed by atoms with E-state index in [0.29, 0.717) is 6.42 Å². The normalized spacial score (nSPS) is 15.8. The molecule has 0 aliphatic carbocycles. The van der Waals surface area contributed by atoms with E-state index in [2.05, 4.69) is 0 Å². The molecule has 0 aromatic carbocycles. The highest BCUT2D eigenvalue weighted by Crippen LogP contribution is 2.38. The van der Waals surface area contributed by atoms with Gasteiger partial charge in [-0.25, -0.2) is 4.79 Å². The molecule has 0 saturated heterocycles. The molecule has 0 fully saturated rings. The fourth-order valence-corrected chi connectivity index (χ4v) is 2.34. The van der Waals surface area contributed by atoms with Crippen LogP contribution in [-0.2, 0) is 9.36 Å². The van der Waals surface area contributed by atoms with Gasteiger partial charge in [0, 0.05) is 0 Å². The number of unbranched alkanes of at least 4 members (excludes halogenated alkanes) is 2. The zero-order chi connectivity index (χ0) is 12.8. The van der Waals surface area contributed by atoms with Crippen LogP contribution in [0.3, 0.4) is 0 Å². The molecular formula is C8H18NO6P. The van der Waals surface area contributed by atoms with Gasteiger partial charge in [0.05, 0.1) is 6.54 Å². The lowest BCUT2D eigenvalue weighted by Gasteiger charge is -2.41. The summed E-state index contributed by atoms with van der Waals surface area (Å²) in [7, 11) is -4.50. The summed E-state index contributed by atoms with van der Waals surface area (Å²) < 4.78 is 9.39. The summed E-state index contributed by atoms with van der Waals surface area (Å²) in [6.45, 7) is 1.03. The zero-order valence-electron chi connectivity index (χ0n) is 9.20. The molecule has 0 saturated carbocycles. The van der Waals surface area contributed by atoms with E-state index in [1.807, 2.05) is 6.92 Å². The number of carbonyl (C=O) groups is 1. The number of carboxylic acids is 1. The van der Waals surface area contributed by atoms with E-state index >= 15 is 0 Å². The minimum absolute atomic E-state index is 0.0781. The van der Waals surface area contributed by atoms with Gasteiger partial charge in [0.2, 0.25) is 0 Å². The molecule has 96 valence electrons. The highest BCUT2D eigenvalue weighted by atomic mass is 31.2. The number of hydroxylamine groups is 3. The molecule has 1 atom stereocenters. The number of rotatable bonds is 8. The summed E-state index contributed by atoms with van der Waals surface area (Å²) in [6, 6.07) is 0. The molecular weight excluding hydrogens is 237 g/mol.